The van der Waals surface area contributed by atoms with Gasteiger partial charge >= 0.3 is 0 Å². The van der Waals surface area contributed by atoms with Crippen molar-refractivity contribution in [3.63, 3.8) is 0 Å². The summed E-state index contributed by atoms with van der Waals surface area (Å²) < 4.78 is 5.45. The van der Waals surface area contributed by atoms with Crippen LogP contribution in [0.2, 0.25) is 0 Å². The Bertz CT molecular complexity index is 815. The molecule has 3 heteroatoms. The number of rotatable bonds is 9. The Balaban J connectivity index is 1.60. The van der Waals surface area contributed by atoms with Crippen molar-refractivity contribution < 1.29 is 9.84 Å². The maximum absolute atomic E-state index is 9.36. The number of aliphatic hydroxyl groups excluding tert-OH is 1. The molecule has 1 atom stereocenters. The van der Waals surface area contributed by atoms with E-state index >= 15 is 0 Å². The van der Waals surface area contributed by atoms with Gasteiger partial charge in [-0.25, -0.2) is 0 Å². The van der Waals surface area contributed by atoms with Gasteiger partial charge in [-0.05, 0) is 35.1 Å². The van der Waals surface area contributed by atoms with Gasteiger partial charge in [-0.3, -0.25) is 0 Å². The van der Waals surface area contributed by atoms with Gasteiger partial charge in [0.2, 0.25) is 0 Å². The van der Waals surface area contributed by atoms with Gasteiger partial charge in [0.1, 0.15) is 5.75 Å². The fourth-order valence-electron chi connectivity index (χ4n) is 3.34. The topological polar surface area (TPSA) is 41.5 Å². The maximum Gasteiger partial charge on any atom is 0.126 e. The lowest BCUT2D eigenvalue weighted by atomic mass is 9.96. The van der Waals surface area contributed by atoms with Crippen molar-refractivity contribution in [1.82, 2.24) is 5.32 Å². The second-order valence-electron chi connectivity index (χ2n) is 6.65. The third-order valence-electron chi connectivity index (χ3n) is 4.84. The highest BCUT2D eigenvalue weighted by atomic mass is 16.5. The van der Waals surface area contributed by atoms with Crippen molar-refractivity contribution in [1.29, 1.82) is 0 Å². The van der Waals surface area contributed by atoms with E-state index in [-0.39, 0.29) is 6.61 Å². The van der Waals surface area contributed by atoms with E-state index in [1.165, 1.54) is 11.1 Å². The summed E-state index contributed by atoms with van der Waals surface area (Å²) in [7, 11) is 1.70. The molecule has 0 aliphatic rings. The molecule has 0 heterocycles. The molecule has 0 bridgehead atoms. The first-order valence-corrected chi connectivity index (χ1v) is 9.40. The van der Waals surface area contributed by atoms with Gasteiger partial charge in [0, 0.05) is 25.3 Å². The molecular weight excluding hydrogens is 334 g/mol. The highest BCUT2D eigenvalue weighted by molar-refractivity contribution is 5.70. The average Bonchev–Trinajstić information content (AvgIpc) is 2.74. The molecule has 0 radical (unpaired) electrons. The Morgan fingerprint density at radius 2 is 1.59 bits per heavy atom. The second-order valence-corrected chi connectivity index (χ2v) is 6.65. The Morgan fingerprint density at radius 3 is 2.30 bits per heavy atom. The molecule has 0 aliphatic carbocycles. The zero-order valence-electron chi connectivity index (χ0n) is 15.8. The lowest BCUT2D eigenvalue weighted by Crippen LogP contribution is -2.22. The van der Waals surface area contributed by atoms with Gasteiger partial charge in [-0.2, -0.15) is 0 Å². The standard InChI is InChI=1S/C24H27NO2/c1-27-24-10-6-5-9-23(24)21-13-11-19(12-14-21)17-25-18-22(15-16-26)20-7-3-2-4-8-20/h2-14,22,25-26H,15-18H2,1H3. The summed E-state index contributed by atoms with van der Waals surface area (Å²) in [6, 6.07) is 27.0. The van der Waals surface area contributed by atoms with Crippen LogP contribution in [-0.4, -0.2) is 25.4 Å². The van der Waals surface area contributed by atoms with Crippen LogP contribution in [0, 0.1) is 0 Å². The van der Waals surface area contributed by atoms with E-state index in [9.17, 15) is 5.11 Å². The number of para-hydroxylation sites is 1. The van der Waals surface area contributed by atoms with Gasteiger partial charge in [0.05, 0.1) is 7.11 Å². The molecule has 0 aromatic heterocycles. The first-order valence-electron chi connectivity index (χ1n) is 9.40. The first kappa shape index (κ1) is 19.2. The van der Waals surface area contributed by atoms with E-state index in [2.05, 4.69) is 59.9 Å². The summed E-state index contributed by atoms with van der Waals surface area (Å²) in [4.78, 5) is 0. The second kappa shape index (κ2) is 9.91. The van der Waals surface area contributed by atoms with E-state index in [1.807, 2.05) is 24.3 Å². The van der Waals surface area contributed by atoms with Gasteiger partial charge in [0.25, 0.3) is 0 Å². The van der Waals surface area contributed by atoms with Crippen molar-refractivity contribution >= 4 is 0 Å². The third kappa shape index (κ3) is 5.19. The SMILES string of the molecule is COc1ccccc1-c1ccc(CNCC(CCO)c2ccccc2)cc1. The highest BCUT2D eigenvalue weighted by Crippen LogP contribution is 2.29. The lowest BCUT2D eigenvalue weighted by molar-refractivity contribution is 0.273. The van der Waals surface area contributed by atoms with Crippen LogP contribution < -0.4 is 10.1 Å². The van der Waals surface area contributed by atoms with Crippen LogP contribution in [0.3, 0.4) is 0 Å². The summed E-state index contributed by atoms with van der Waals surface area (Å²) in [6.07, 6.45) is 0.768. The number of hydrogen-bond donors (Lipinski definition) is 2. The largest absolute Gasteiger partial charge is 0.496 e. The molecular formula is C24H27NO2. The molecule has 0 aliphatic heterocycles. The van der Waals surface area contributed by atoms with Gasteiger partial charge < -0.3 is 15.2 Å². The minimum atomic E-state index is 0.203. The molecule has 3 aromatic carbocycles. The van der Waals surface area contributed by atoms with Crippen LogP contribution in [0.15, 0.2) is 78.9 Å². The molecule has 2 N–H and O–H groups in total. The maximum atomic E-state index is 9.36. The normalized spacial score (nSPS) is 11.9. The molecule has 3 rings (SSSR count). The molecule has 27 heavy (non-hydrogen) atoms. The van der Waals surface area contributed by atoms with Crippen molar-refractivity contribution in [3.05, 3.63) is 90.0 Å². The van der Waals surface area contributed by atoms with Crippen molar-refractivity contribution in [2.75, 3.05) is 20.3 Å². The fourth-order valence-corrected chi connectivity index (χ4v) is 3.34. The van der Waals surface area contributed by atoms with E-state index in [0.29, 0.717) is 5.92 Å². The van der Waals surface area contributed by atoms with Crippen LogP contribution in [0.25, 0.3) is 11.1 Å². The summed E-state index contributed by atoms with van der Waals surface area (Å²) in [5.74, 6) is 1.21. The molecule has 0 amide bonds. The van der Waals surface area contributed by atoms with E-state index in [1.54, 1.807) is 7.11 Å². The van der Waals surface area contributed by atoms with E-state index in [0.717, 1.165) is 36.4 Å². The zero-order valence-corrected chi connectivity index (χ0v) is 15.8. The van der Waals surface area contributed by atoms with Crippen molar-refractivity contribution in [2.24, 2.45) is 0 Å². The third-order valence-corrected chi connectivity index (χ3v) is 4.84. The summed E-state index contributed by atoms with van der Waals surface area (Å²) in [5, 5.41) is 12.9. The fraction of sp³-hybridized carbons (Fsp3) is 0.250. The number of aliphatic hydroxyl groups is 1. The molecule has 1 unspecified atom stereocenters. The molecule has 140 valence electrons. The number of benzene rings is 3. The quantitative estimate of drug-likeness (QED) is 0.584. The van der Waals surface area contributed by atoms with E-state index in [4.69, 9.17) is 4.74 Å². The Hall–Kier alpha value is -2.62. The lowest BCUT2D eigenvalue weighted by Gasteiger charge is -2.17. The molecule has 0 saturated carbocycles. The first-order chi connectivity index (χ1) is 13.3. The Labute approximate surface area is 161 Å². The van der Waals surface area contributed by atoms with E-state index < -0.39 is 0 Å². The number of methoxy groups -OCH3 is 1. The number of nitrogens with one attached hydrogen (secondary N) is 1. The van der Waals surface area contributed by atoms with Gasteiger partial charge in [0.15, 0.2) is 0 Å². The van der Waals surface area contributed by atoms with Crippen LogP contribution >= 0.6 is 0 Å². The molecule has 3 aromatic rings. The molecule has 0 saturated heterocycles. The number of ether oxygens (including phenoxy) is 1. The average molecular weight is 361 g/mol. The van der Waals surface area contributed by atoms with Gasteiger partial charge in [-0.15, -0.1) is 0 Å². The van der Waals surface area contributed by atoms with Crippen LogP contribution in [0.1, 0.15) is 23.5 Å². The number of hydrogen-bond acceptors (Lipinski definition) is 3. The monoisotopic (exact) mass is 361 g/mol. The van der Waals surface area contributed by atoms with Crippen molar-refractivity contribution in [2.45, 2.75) is 18.9 Å². The Kier molecular flexibility index (Phi) is 7.03. The van der Waals surface area contributed by atoms with Crippen LogP contribution in [-0.2, 0) is 6.54 Å². The minimum Gasteiger partial charge on any atom is -0.496 e. The van der Waals surface area contributed by atoms with Gasteiger partial charge in [-0.1, -0.05) is 72.8 Å². The molecule has 0 fully saturated rings. The Morgan fingerprint density at radius 1 is 0.889 bits per heavy atom. The predicted octanol–water partition coefficient (Wildman–Crippen LogP) is 4.62. The van der Waals surface area contributed by atoms with Crippen LogP contribution in [0.5, 0.6) is 5.75 Å². The molecule has 0 spiro atoms. The van der Waals surface area contributed by atoms with Crippen LogP contribution in [0.4, 0.5) is 0 Å². The summed E-state index contributed by atoms with van der Waals surface area (Å²) in [5.41, 5.74) is 4.76. The predicted molar refractivity (Wildman–Crippen MR) is 111 cm³/mol. The molecule has 3 nitrogen and oxygen atoms in total. The summed E-state index contributed by atoms with van der Waals surface area (Å²) >= 11 is 0. The zero-order chi connectivity index (χ0) is 18.9. The summed E-state index contributed by atoms with van der Waals surface area (Å²) in [6.45, 7) is 1.86. The van der Waals surface area contributed by atoms with Crippen molar-refractivity contribution in [3.8, 4) is 16.9 Å². The minimum absolute atomic E-state index is 0.203. The highest BCUT2D eigenvalue weighted by Gasteiger charge is 2.10. The smallest absolute Gasteiger partial charge is 0.126 e.